The molecule has 1 heterocycles. The highest BCUT2D eigenvalue weighted by atomic mass is 15.1. The van der Waals surface area contributed by atoms with Crippen LogP contribution in [0.15, 0.2) is 18.2 Å². The van der Waals surface area contributed by atoms with E-state index in [0.29, 0.717) is 0 Å². The molecule has 0 atom stereocenters. The maximum Gasteiger partial charge on any atom is 0.126 e. The van der Waals surface area contributed by atoms with Crippen molar-refractivity contribution in [2.45, 2.75) is 25.8 Å². The van der Waals surface area contributed by atoms with E-state index in [1.54, 1.807) is 0 Å². The molecule has 3 nitrogen and oxygen atoms in total. The maximum absolute atomic E-state index is 4.53. The first-order valence-electron chi connectivity index (χ1n) is 6.10. The van der Waals surface area contributed by atoms with Crippen LogP contribution in [0.5, 0.6) is 0 Å². The lowest BCUT2D eigenvalue weighted by Gasteiger charge is -2.29. The van der Waals surface area contributed by atoms with Gasteiger partial charge in [0.05, 0.1) is 5.69 Å². The van der Waals surface area contributed by atoms with E-state index in [0.717, 1.165) is 24.0 Å². The zero-order chi connectivity index (χ0) is 11.4. The molecule has 0 unspecified atom stereocenters. The van der Waals surface area contributed by atoms with Gasteiger partial charge < -0.3 is 10.2 Å². The lowest BCUT2D eigenvalue weighted by Crippen LogP contribution is -2.29. The van der Waals surface area contributed by atoms with Crippen LogP contribution < -0.4 is 5.32 Å². The van der Waals surface area contributed by atoms with Gasteiger partial charge in [0.2, 0.25) is 0 Å². The Hall–Kier alpha value is -1.09. The summed E-state index contributed by atoms with van der Waals surface area (Å²) in [4.78, 5) is 6.91. The van der Waals surface area contributed by atoms with Crippen LogP contribution in [0.2, 0.25) is 0 Å². The van der Waals surface area contributed by atoms with Crippen LogP contribution in [0.1, 0.15) is 25.0 Å². The third-order valence-electron chi connectivity index (χ3n) is 3.29. The van der Waals surface area contributed by atoms with Crippen LogP contribution in [-0.2, 0) is 6.54 Å². The quantitative estimate of drug-likeness (QED) is 0.824. The summed E-state index contributed by atoms with van der Waals surface area (Å²) in [6.07, 6.45) is 4.24. The lowest BCUT2D eigenvalue weighted by molar-refractivity contribution is 0.199. The predicted octanol–water partition coefficient (Wildman–Crippen LogP) is 2.36. The molecular weight excluding hydrogens is 198 g/mol. The normalized spacial score (nSPS) is 16.2. The van der Waals surface area contributed by atoms with Crippen LogP contribution in [-0.4, -0.2) is 30.5 Å². The molecule has 3 heteroatoms. The number of pyridine rings is 1. The molecule has 1 aromatic heterocycles. The first-order valence-corrected chi connectivity index (χ1v) is 6.10. The van der Waals surface area contributed by atoms with Crippen LogP contribution in [0.3, 0.4) is 0 Å². The Balaban J connectivity index is 1.86. The first-order chi connectivity index (χ1) is 7.78. The van der Waals surface area contributed by atoms with Gasteiger partial charge in [-0.2, -0.15) is 0 Å². The first kappa shape index (κ1) is 11.4. The molecule has 0 saturated heterocycles. The highest BCUT2D eigenvalue weighted by Gasteiger charge is 2.19. The van der Waals surface area contributed by atoms with Gasteiger partial charge in [0.1, 0.15) is 5.82 Å². The number of rotatable bonds is 5. The SMILES string of the molecule is CNc1cccc(CN(C)CC2CCC2)n1. The maximum atomic E-state index is 4.53. The summed E-state index contributed by atoms with van der Waals surface area (Å²) in [5, 5.41) is 3.07. The summed E-state index contributed by atoms with van der Waals surface area (Å²) in [5.41, 5.74) is 1.15. The molecule has 0 aliphatic heterocycles. The predicted molar refractivity (Wildman–Crippen MR) is 67.5 cm³/mol. The summed E-state index contributed by atoms with van der Waals surface area (Å²) >= 11 is 0. The van der Waals surface area contributed by atoms with Gasteiger partial charge in [-0.3, -0.25) is 0 Å². The Labute approximate surface area is 97.9 Å². The van der Waals surface area contributed by atoms with Crippen LogP contribution in [0, 0.1) is 5.92 Å². The third-order valence-corrected chi connectivity index (χ3v) is 3.29. The Morgan fingerprint density at radius 1 is 1.44 bits per heavy atom. The molecule has 1 aromatic rings. The van der Waals surface area contributed by atoms with Gasteiger partial charge in [-0.15, -0.1) is 0 Å². The number of aromatic nitrogens is 1. The van der Waals surface area contributed by atoms with E-state index in [2.05, 4.69) is 34.4 Å². The van der Waals surface area contributed by atoms with Crippen molar-refractivity contribution in [2.24, 2.45) is 5.92 Å². The van der Waals surface area contributed by atoms with E-state index >= 15 is 0 Å². The van der Waals surface area contributed by atoms with E-state index in [4.69, 9.17) is 0 Å². The topological polar surface area (TPSA) is 28.2 Å². The summed E-state index contributed by atoms with van der Waals surface area (Å²) in [6.45, 7) is 2.16. The molecule has 1 N–H and O–H groups in total. The van der Waals surface area contributed by atoms with E-state index in [1.807, 2.05) is 13.1 Å². The number of hydrogen-bond donors (Lipinski definition) is 1. The van der Waals surface area contributed by atoms with Crippen molar-refractivity contribution in [3.63, 3.8) is 0 Å². The minimum Gasteiger partial charge on any atom is -0.373 e. The van der Waals surface area contributed by atoms with Crippen LogP contribution >= 0.6 is 0 Å². The molecule has 0 radical (unpaired) electrons. The van der Waals surface area contributed by atoms with Gasteiger partial charge >= 0.3 is 0 Å². The van der Waals surface area contributed by atoms with E-state index in [-0.39, 0.29) is 0 Å². The van der Waals surface area contributed by atoms with Gasteiger partial charge in [-0.25, -0.2) is 4.98 Å². The molecule has 0 amide bonds. The van der Waals surface area contributed by atoms with E-state index in [1.165, 1.54) is 25.8 Å². The molecule has 1 aliphatic carbocycles. The molecule has 16 heavy (non-hydrogen) atoms. The average molecular weight is 219 g/mol. The molecule has 88 valence electrons. The van der Waals surface area contributed by atoms with Crippen molar-refractivity contribution >= 4 is 5.82 Å². The van der Waals surface area contributed by atoms with Crippen molar-refractivity contribution in [3.8, 4) is 0 Å². The van der Waals surface area contributed by atoms with Gasteiger partial charge in [0.15, 0.2) is 0 Å². The second kappa shape index (κ2) is 5.30. The molecule has 0 bridgehead atoms. The summed E-state index contributed by atoms with van der Waals surface area (Å²) in [7, 11) is 4.09. The Morgan fingerprint density at radius 3 is 2.88 bits per heavy atom. The smallest absolute Gasteiger partial charge is 0.126 e. The van der Waals surface area contributed by atoms with E-state index < -0.39 is 0 Å². The highest BCUT2D eigenvalue weighted by Crippen LogP contribution is 2.27. The Bertz CT molecular complexity index is 334. The lowest BCUT2D eigenvalue weighted by atomic mass is 9.85. The molecule has 1 aliphatic rings. The van der Waals surface area contributed by atoms with Crippen LogP contribution in [0.25, 0.3) is 0 Å². The fourth-order valence-corrected chi connectivity index (χ4v) is 2.16. The Morgan fingerprint density at radius 2 is 2.25 bits per heavy atom. The fourth-order valence-electron chi connectivity index (χ4n) is 2.16. The monoisotopic (exact) mass is 219 g/mol. The largest absolute Gasteiger partial charge is 0.373 e. The number of nitrogens with zero attached hydrogens (tertiary/aromatic N) is 2. The number of hydrogen-bond acceptors (Lipinski definition) is 3. The van der Waals surface area contributed by atoms with Gasteiger partial charge in [-0.05, 0) is 37.9 Å². The second-order valence-electron chi connectivity index (χ2n) is 4.76. The van der Waals surface area contributed by atoms with Crippen molar-refractivity contribution in [1.29, 1.82) is 0 Å². The molecule has 0 aromatic carbocycles. The summed E-state index contributed by atoms with van der Waals surface area (Å²) < 4.78 is 0. The second-order valence-corrected chi connectivity index (χ2v) is 4.76. The molecule has 2 rings (SSSR count). The van der Waals surface area contributed by atoms with E-state index in [9.17, 15) is 0 Å². The molecule has 1 saturated carbocycles. The zero-order valence-corrected chi connectivity index (χ0v) is 10.2. The van der Waals surface area contributed by atoms with Crippen molar-refractivity contribution in [1.82, 2.24) is 9.88 Å². The average Bonchev–Trinajstić information content (AvgIpc) is 2.24. The van der Waals surface area contributed by atoms with Crippen molar-refractivity contribution in [2.75, 3.05) is 26.0 Å². The Kier molecular flexibility index (Phi) is 3.78. The fraction of sp³-hybridized carbons (Fsp3) is 0.615. The summed E-state index contributed by atoms with van der Waals surface area (Å²) in [6, 6.07) is 6.15. The molecular formula is C13H21N3. The minimum absolute atomic E-state index is 0.928. The number of nitrogens with one attached hydrogen (secondary N) is 1. The summed E-state index contributed by atoms with van der Waals surface area (Å²) in [5.74, 6) is 1.88. The third kappa shape index (κ3) is 2.95. The number of anilines is 1. The van der Waals surface area contributed by atoms with Crippen LogP contribution in [0.4, 0.5) is 5.82 Å². The van der Waals surface area contributed by atoms with Gasteiger partial charge in [0.25, 0.3) is 0 Å². The minimum atomic E-state index is 0.928. The highest BCUT2D eigenvalue weighted by molar-refractivity contribution is 5.34. The van der Waals surface area contributed by atoms with Gasteiger partial charge in [-0.1, -0.05) is 12.5 Å². The zero-order valence-electron chi connectivity index (χ0n) is 10.2. The van der Waals surface area contributed by atoms with Gasteiger partial charge in [0, 0.05) is 20.1 Å². The van der Waals surface area contributed by atoms with Crippen molar-refractivity contribution < 1.29 is 0 Å². The molecule has 0 spiro atoms. The van der Waals surface area contributed by atoms with Crippen molar-refractivity contribution in [3.05, 3.63) is 23.9 Å². The standard InChI is InChI=1S/C13H21N3/c1-14-13-8-4-7-12(15-13)10-16(2)9-11-5-3-6-11/h4,7-8,11H,3,5-6,9-10H2,1-2H3,(H,14,15). The molecule has 1 fully saturated rings.